The first kappa shape index (κ1) is 26.0. The predicted molar refractivity (Wildman–Crippen MR) is 142 cm³/mol. The Morgan fingerprint density at radius 2 is 1.86 bits per heavy atom. The molecule has 1 aliphatic rings. The minimum Gasteiger partial charge on any atom is -0.379 e. The highest BCUT2D eigenvalue weighted by Crippen LogP contribution is 2.28. The number of benzene rings is 2. The van der Waals surface area contributed by atoms with E-state index in [1.807, 2.05) is 31.2 Å². The number of morpholine rings is 1. The molecule has 1 N–H and O–H groups in total. The number of nitrogens with zero attached hydrogens (tertiary/aromatic N) is 4. The van der Waals surface area contributed by atoms with Gasteiger partial charge in [-0.2, -0.15) is 0 Å². The maximum absolute atomic E-state index is 13.5. The van der Waals surface area contributed by atoms with Crippen LogP contribution in [-0.4, -0.2) is 72.8 Å². The number of nitrogens with one attached hydrogen (secondary N) is 1. The fourth-order valence-electron chi connectivity index (χ4n) is 4.35. The maximum atomic E-state index is 13.5. The van der Waals surface area contributed by atoms with Crippen LogP contribution in [-0.2, 0) is 9.53 Å². The van der Waals surface area contributed by atoms with E-state index in [0.717, 1.165) is 74.5 Å². The van der Waals surface area contributed by atoms with Crippen molar-refractivity contribution in [3.05, 3.63) is 54.3 Å². The van der Waals surface area contributed by atoms with Crippen LogP contribution < -0.4 is 10.2 Å². The smallest absolute Gasteiger partial charge is 0.221 e. The molecule has 3 aromatic rings. The number of carbonyl (C=O) groups excluding carboxylic acids is 1. The molecule has 36 heavy (non-hydrogen) atoms. The van der Waals surface area contributed by atoms with Gasteiger partial charge in [0.15, 0.2) is 5.82 Å². The topological polar surface area (TPSA) is 70.6 Å². The Hall–Kier alpha value is -3.10. The average molecular weight is 494 g/mol. The van der Waals surface area contributed by atoms with Gasteiger partial charge in [0.1, 0.15) is 11.6 Å². The number of carbonyl (C=O) groups is 1. The van der Waals surface area contributed by atoms with Gasteiger partial charge in [0.05, 0.1) is 18.7 Å². The first-order valence-corrected chi connectivity index (χ1v) is 12.9. The molecule has 0 spiro atoms. The molecule has 0 bridgehead atoms. The lowest BCUT2D eigenvalue weighted by molar-refractivity contribution is -0.121. The van der Waals surface area contributed by atoms with Crippen LogP contribution in [0.3, 0.4) is 0 Å². The summed E-state index contributed by atoms with van der Waals surface area (Å²) in [4.78, 5) is 26.9. The van der Waals surface area contributed by atoms with E-state index in [0.29, 0.717) is 18.8 Å². The number of hydrogen-bond acceptors (Lipinski definition) is 6. The summed E-state index contributed by atoms with van der Waals surface area (Å²) in [7, 11) is 0. The van der Waals surface area contributed by atoms with E-state index >= 15 is 0 Å². The van der Waals surface area contributed by atoms with Gasteiger partial charge in [0.25, 0.3) is 0 Å². The Morgan fingerprint density at radius 3 is 2.61 bits per heavy atom. The molecule has 1 saturated heterocycles. The molecule has 0 radical (unpaired) electrons. The largest absolute Gasteiger partial charge is 0.379 e. The zero-order valence-corrected chi connectivity index (χ0v) is 21.3. The van der Waals surface area contributed by atoms with Crippen LogP contribution in [0.5, 0.6) is 0 Å². The number of anilines is 1. The lowest BCUT2D eigenvalue weighted by Crippen LogP contribution is -2.39. The van der Waals surface area contributed by atoms with Crippen LogP contribution in [0.2, 0.25) is 0 Å². The van der Waals surface area contributed by atoms with Crippen molar-refractivity contribution >= 4 is 22.6 Å². The third-order valence-electron chi connectivity index (χ3n) is 6.62. The highest BCUT2D eigenvalue weighted by molar-refractivity contribution is 5.91. The average Bonchev–Trinajstić information content (AvgIpc) is 2.91. The number of fused-ring (bicyclic) bond motifs is 1. The Morgan fingerprint density at radius 1 is 1.11 bits per heavy atom. The molecule has 0 aliphatic carbocycles. The lowest BCUT2D eigenvalue weighted by Gasteiger charge is -2.29. The van der Waals surface area contributed by atoms with E-state index in [4.69, 9.17) is 14.7 Å². The summed E-state index contributed by atoms with van der Waals surface area (Å²) in [5, 5.41) is 4.01. The second-order valence-electron chi connectivity index (χ2n) is 9.32. The molecule has 0 saturated carbocycles. The molecule has 7 nitrogen and oxygen atoms in total. The van der Waals surface area contributed by atoms with Gasteiger partial charge in [-0.1, -0.05) is 19.1 Å². The summed E-state index contributed by atoms with van der Waals surface area (Å²) in [6.07, 6.45) is 2.22. The predicted octanol–water partition coefficient (Wildman–Crippen LogP) is 4.27. The zero-order valence-electron chi connectivity index (χ0n) is 21.3. The van der Waals surface area contributed by atoms with E-state index in [-0.39, 0.29) is 17.8 Å². The number of aromatic nitrogens is 2. The third-order valence-corrected chi connectivity index (χ3v) is 6.62. The van der Waals surface area contributed by atoms with E-state index < -0.39 is 0 Å². The fourth-order valence-corrected chi connectivity index (χ4v) is 4.35. The van der Waals surface area contributed by atoms with Crippen molar-refractivity contribution in [2.45, 2.75) is 39.2 Å². The fraction of sp³-hybridized carbons (Fsp3) is 0.464. The monoisotopic (exact) mass is 493 g/mol. The normalized spacial score (nSPS) is 15.1. The summed E-state index contributed by atoms with van der Waals surface area (Å²) in [5.74, 6) is 1.10. The molecule has 1 unspecified atom stereocenters. The van der Waals surface area contributed by atoms with Crippen LogP contribution in [0.1, 0.15) is 33.1 Å². The van der Waals surface area contributed by atoms with E-state index in [1.54, 1.807) is 12.1 Å². The van der Waals surface area contributed by atoms with Gasteiger partial charge in [0, 0.05) is 56.1 Å². The zero-order chi connectivity index (χ0) is 25.3. The molecule has 1 amide bonds. The molecule has 2 heterocycles. The van der Waals surface area contributed by atoms with Crippen molar-refractivity contribution in [1.82, 2.24) is 20.2 Å². The van der Waals surface area contributed by atoms with Crippen molar-refractivity contribution in [2.75, 3.05) is 50.8 Å². The second kappa shape index (κ2) is 12.7. The highest BCUT2D eigenvalue weighted by atomic mass is 19.1. The van der Waals surface area contributed by atoms with Crippen LogP contribution in [0, 0.1) is 5.82 Å². The Kier molecular flexibility index (Phi) is 9.19. The minimum absolute atomic E-state index is 0.0413. The van der Waals surface area contributed by atoms with Crippen molar-refractivity contribution in [3.8, 4) is 11.4 Å². The molecule has 1 aromatic heterocycles. The molecule has 1 atom stereocenters. The Labute approximate surface area is 212 Å². The Bertz CT molecular complexity index is 1130. The van der Waals surface area contributed by atoms with Crippen LogP contribution in [0.25, 0.3) is 22.3 Å². The van der Waals surface area contributed by atoms with Gasteiger partial charge in [-0.3, -0.25) is 9.69 Å². The Balaban J connectivity index is 1.61. The molecule has 2 aromatic carbocycles. The van der Waals surface area contributed by atoms with E-state index in [2.05, 4.69) is 22.0 Å². The molecule has 1 aliphatic heterocycles. The molecular weight excluding hydrogens is 457 g/mol. The lowest BCUT2D eigenvalue weighted by atomic mass is 10.1. The third kappa shape index (κ3) is 6.98. The minimum atomic E-state index is -0.295. The second-order valence-corrected chi connectivity index (χ2v) is 9.32. The summed E-state index contributed by atoms with van der Waals surface area (Å²) in [6, 6.07) is 14.3. The summed E-state index contributed by atoms with van der Waals surface area (Å²) in [5.41, 5.74) is 1.58. The molecular formula is C28H36FN5O2. The first-order valence-electron chi connectivity index (χ1n) is 12.9. The van der Waals surface area contributed by atoms with Crippen molar-refractivity contribution in [1.29, 1.82) is 0 Å². The quantitative estimate of drug-likeness (QED) is 0.430. The summed E-state index contributed by atoms with van der Waals surface area (Å²) < 4.78 is 19.0. The number of rotatable bonds is 11. The van der Waals surface area contributed by atoms with Gasteiger partial charge in [-0.25, -0.2) is 14.4 Å². The number of halogens is 1. The SMILES string of the molecule is CCC(C)NC(=O)CCN(CCCN1CCOCC1)c1nc(-c2ccc(F)cc2)nc2ccccc12. The number of ether oxygens (including phenoxy) is 1. The standard InChI is InChI=1S/C28H36FN5O2/c1-3-21(2)30-26(35)13-16-34(15-6-14-33-17-19-36-20-18-33)28-24-7-4-5-8-25(24)31-27(32-28)22-9-11-23(29)12-10-22/h4-5,7-12,21H,3,6,13-20H2,1-2H3,(H,30,35). The first-order chi connectivity index (χ1) is 17.5. The van der Waals surface area contributed by atoms with Crippen molar-refractivity contribution in [2.24, 2.45) is 0 Å². The van der Waals surface area contributed by atoms with Gasteiger partial charge in [-0.15, -0.1) is 0 Å². The number of hydrogen-bond donors (Lipinski definition) is 1. The van der Waals surface area contributed by atoms with Crippen LogP contribution in [0.15, 0.2) is 48.5 Å². The molecule has 1 fully saturated rings. The van der Waals surface area contributed by atoms with Gasteiger partial charge >= 0.3 is 0 Å². The molecule has 8 heteroatoms. The van der Waals surface area contributed by atoms with Crippen LogP contribution >= 0.6 is 0 Å². The highest BCUT2D eigenvalue weighted by Gasteiger charge is 2.18. The van der Waals surface area contributed by atoms with Crippen molar-refractivity contribution in [3.63, 3.8) is 0 Å². The summed E-state index contributed by atoms with van der Waals surface area (Å²) in [6.45, 7) is 9.80. The van der Waals surface area contributed by atoms with Gasteiger partial charge < -0.3 is 15.0 Å². The van der Waals surface area contributed by atoms with E-state index in [9.17, 15) is 9.18 Å². The number of para-hydroxylation sites is 1. The van der Waals surface area contributed by atoms with Crippen molar-refractivity contribution < 1.29 is 13.9 Å². The molecule has 192 valence electrons. The van der Waals surface area contributed by atoms with Gasteiger partial charge in [0.2, 0.25) is 5.91 Å². The van der Waals surface area contributed by atoms with E-state index in [1.165, 1.54) is 12.1 Å². The van der Waals surface area contributed by atoms with Crippen LogP contribution in [0.4, 0.5) is 10.2 Å². The van der Waals surface area contributed by atoms with Gasteiger partial charge in [-0.05, 0) is 56.2 Å². The maximum Gasteiger partial charge on any atom is 0.221 e. The number of amides is 1. The summed E-state index contributed by atoms with van der Waals surface area (Å²) >= 11 is 0. The molecule has 4 rings (SSSR count).